The molecule has 0 aromatic heterocycles. The molecule has 0 rings (SSSR count). The second-order valence-electron chi connectivity index (χ2n) is 3.23. The molecule has 0 saturated heterocycles. The third-order valence-electron chi connectivity index (χ3n) is 1.19. The fraction of sp³-hybridized carbons (Fsp3) is 1.00. The number of alkyl halides is 1. The first-order chi connectivity index (χ1) is 3.92. The van der Waals surface area contributed by atoms with Crippen LogP contribution in [-0.2, 0) is 0 Å². The van der Waals surface area contributed by atoms with Crippen LogP contribution < -0.4 is 5.73 Å². The van der Waals surface area contributed by atoms with Gasteiger partial charge in [0.1, 0.15) is 5.67 Å². The van der Waals surface area contributed by atoms with Gasteiger partial charge < -0.3 is 5.73 Å². The Morgan fingerprint density at radius 2 is 2.00 bits per heavy atom. The Labute approximate surface area is 56.4 Å². The maximum atomic E-state index is 12.7. The highest BCUT2D eigenvalue weighted by Crippen LogP contribution is 2.16. The molecule has 56 valence electrons. The van der Waals surface area contributed by atoms with Gasteiger partial charge in [-0.25, -0.2) is 4.39 Å². The molecule has 0 bridgehead atoms. The van der Waals surface area contributed by atoms with Gasteiger partial charge in [0, 0.05) is 6.04 Å². The van der Waals surface area contributed by atoms with Crippen molar-refractivity contribution in [3.8, 4) is 0 Å². The van der Waals surface area contributed by atoms with E-state index >= 15 is 0 Å². The Morgan fingerprint density at radius 1 is 1.56 bits per heavy atom. The third-order valence-corrected chi connectivity index (χ3v) is 1.19. The molecule has 2 heteroatoms. The molecule has 0 radical (unpaired) electrons. The minimum Gasteiger partial charge on any atom is -0.328 e. The molecular weight excluding hydrogens is 117 g/mol. The van der Waals surface area contributed by atoms with E-state index in [0.717, 1.165) is 6.42 Å². The molecule has 0 aromatic rings. The highest BCUT2D eigenvalue weighted by Gasteiger charge is 2.14. The monoisotopic (exact) mass is 133 g/mol. The van der Waals surface area contributed by atoms with E-state index in [-0.39, 0.29) is 6.04 Å². The van der Waals surface area contributed by atoms with E-state index < -0.39 is 5.67 Å². The summed E-state index contributed by atoms with van der Waals surface area (Å²) in [6, 6.07) is 0.125. The van der Waals surface area contributed by atoms with Crippen molar-refractivity contribution in [2.24, 2.45) is 5.73 Å². The van der Waals surface area contributed by atoms with E-state index in [1.54, 1.807) is 13.8 Å². The second kappa shape index (κ2) is 3.16. The molecule has 1 nitrogen and oxygen atoms in total. The standard InChI is InChI=1S/C7H16FN/c1-6(9)4-5-7(2,3)8/h6H,4-5,9H2,1-3H3/t6-/m0/s1. The summed E-state index contributed by atoms with van der Waals surface area (Å²) in [4.78, 5) is 0. The third kappa shape index (κ3) is 7.89. The summed E-state index contributed by atoms with van der Waals surface area (Å²) in [5.41, 5.74) is 4.38. The van der Waals surface area contributed by atoms with Crippen LogP contribution in [0, 0.1) is 0 Å². The molecular formula is C7H16FN. The Hall–Kier alpha value is -0.110. The van der Waals surface area contributed by atoms with Crippen LogP contribution in [0.5, 0.6) is 0 Å². The van der Waals surface area contributed by atoms with Gasteiger partial charge in [0.15, 0.2) is 0 Å². The zero-order valence-electron chi connectivity index (χ0n) is 6.45. The minimum absolute atomic E-state index is 0.125. The summed E-state index contributed by atoms with van der Waals surface area (Å²) in [5, 5.41) is 0. The van der Waals surface area contributed by atoms with Crippen molar-refractivity contribution in [1.29, 1.82) is 0 Å². The van der Waals surface area contributed by atoms with Crippen molar-refractivity contribution in [3.63, 3.8) is 0 Å². The Bertz CT molecular complexity index is 73.5. The number of halogens is 1. The lowest BCUT2D eigenvalue weighted by molar-refractivity contribution is 0.194. The van der Waals surface area contributed by atoms with Crippen LogP contribution in [0.2, 0.25) is 0 Å². The normalized spacial score (nSPS) is 15.7. The van der Waals surface area contributed by atoms with Gasteiger partial charge >= 0.3 is 0 Å². The first-order valence-electron chi connectivity index (χ1n) is 3.36. The number of rotatable bonds is 3. The van der Waals surface area contributed by atoms with Gasteiger partial charge in [0.2, 0.25) is 0 Å². The Kier molecular flexibility index (Phi) is 3.12. The van der Waals surface area contributed by atoms with Crippen LogP contribution in [0.25, 0.3) is 0 Å². The van der Waals surface area contributed by atoms with Crippen LogP contribution in [0.1, 0.15) is 33.6 Å². The van der Waals surface area contributed by atoms with Crippen LogP contribution >= 0.6 is 0 Å². The molecule has 0 unspecified atom stereocenters. The summed E-state index contributed by atoms with van der Waals surface area (Å²) in [7, 11) is 0. The molecule has 0 aliphatic carbocycles. The zero-order valence-corrected chi connectivity index (χ0v) is 6.45. The van der Waals surface area contributed by atoms with Gasteiger partial charge in [0.25, 0.3) is 0 Å². The topological polar surface area (TPSA) is 26.0 Å². The summed E-state index contributed by atoms with van der Waals surface area (Å²) < 4.78 is 12.7. The molecule has 0 spiro atoms. The molecule has 0 saturated carbocycles. The van der Waals surface area contributed by atoms with Crippen LogP contribution in [0.4, 0.5) is 4.39 Å². The molecule has 0 aliphatic rings. The molecule has 0 heterocycles. The van der Waals surface area contributed by atoms with Gasteiger partial charge in [-0.3, -0.25) is 0 Å². The summed E-state index contributed by atoms with van der Waals surface area (Å²) in [6.45, 7) is 5.05. The molecule has 2 N–H and O–H groups in total. The Morgan fingerprint density at radius 3 is 2.11 bits per heavy atom. The molecule has 0 fully saturated rings. The predicted octanol–water partition coefficient (Wildman–Crippen LogP) is 1.86. The molecule has 0 aliphatic heterocycles. The first-order valence-corrected chi connectivity index (χ1v) is 3.36. The van der Waals surface area contributed by atoms with Gasteiger partial charge in [-0.2, -0.15) is 0 Å². The van der Waals surface area contributed by atoms with Crippen LogP contribution in [0.3, 0.4) is 0 Å². The van der Waals surface area contributed by atoms with E-state index in [1.807, 2.05) is 6.92 Å². The van der Waals surface area contributed by atoms with E-state index in [0.29, 0.717) is 6.42 Å². The minimum atomic E-state index is -1.05. The van der Waals surface area contributed by atoms with E-state index in [2.05, 4.69) is 0 Å². The maximum absolute atomic E-state index is 12.7. The van der Waals surface area contributed by atoms with Crippen molar-refractivity contribution in [1.82, 2.24) is 0 Å². The molecule has 9 heavy (non-hydrogen) atoms. The van der Waals surface area contributed by atoms with E-state index in [9.17, 15) is 4.39 Å². The van der Waals surface area contributed by atoms with Gasteiger partial charge in [-0.15, -0.1) is 0 Å². The van der Waals surface area contributed by atoms with Crippen LogP contribution in [-0.4, -0.2) is 11.7 Å². The SMILES string of the molecule is C[C@H](N)CCC(C)(C)F. The van der Waals surface area contributed by atoms with Gasteiger partial charge in [-0.1, -0.05) is 0 Å². The molecule has 1 atom stereocenters. The van der Waals surface area contributed by atoms with E-state index in [4.69, 9.17) is 5.73 Å². The van der Waals surface area contributed by atoms with Gasteiger partial charge in [0.05, 0.1) is 0 Å². The second-order valence-corrected chi connectivity index (χ2v) is 3.23. The van der Waals surface area contributed by atoms with E-state index in [1.165, 1.54) is 0 Å². The fourth-order valence-electron chi connectivity index (χ4n) is 0.571. The summed E-state index contributed by atoms with van der Waals surface area (Å²) >= 11 is 0. The van der Waals surface area contributed by atoms with Gasteiger partial charge in [-0.05, 0) is 33.6 Å². The molecule has 0 amide bonds. The summed E-state index contributed by atoms with van der Waals surface area (Å²) in [6.07, 6.45) is 1.33. The first kappa shape index (κ1) is 8.89. The number of nitrogens with two attached hydrogens (primary N) is 1. The van der Waals surface area contributed by atoms with Crippen molar-refractivity contribution in [2.75, 3.05) is 0 Å². The largest absolute Gasteiger partial charge is 0.328 e. The van der Waals surface area contributed by atoms with Crippen LogP contribution in [0.15, 0.2) is 0 Å². The smallest absolute Gasteiger partial charge is 0.105 e. The van der Waals surface area contributed by atoms with Crippen molar-refractivity contribution < 1.29 is 4.39 Å². The molecule has 0 aromatic carbocycles. The Balaban J connectivity index is 3.28. The highest BCUT2D eigenvalue weighted by atomic mass is 19.1. The van der Waals surface area contributed by atoms with Crippen molar-refractivity contribution in [3.05, 3.63) is 0 Å². The van der Waals surface area contributed by atoms with Crippen molar-refractivity contribution >= 4 is 0 Å². The summed E-state index contributed by atoms with van der Waals surface area (Å²) in [5.74, 6) is 0. The van der Waals surface area contributed by atoms with Crippen molar-refractivity contribution in [2.45, 2.75) is 45.3 Å². The number of hydrogen-bond donors (Lipinski definition) is 1. The predicted molar refractivity (Wildman–Crippen MR) is 38.1 cm³/mol. The highest BCUT2D eigenvalue weighted by molar-refractivity contribution is 4.68. The lowest BCUT2D eigenvalue weighted by atomic mass is 10.0. The number of hydrogen-bond acceptors (Lipinski definition) is 1. The fourth-order valence-corrected chi connectivity index (χ4v) is 0.571. The maximum Gasteiger partial charge on any atom is 0.105 e. The lowest BCUT2D eigenvalue weighted by Crippen LogP contribution is -2.20. The average Bonchev–Trinajstić information content (AvgIpc) is 1.59. The lowest BCUT2D eigenvalue weighted by Gasteiger charge is -2.14. The average molecular weight is 133 g/mol. The quantitative estimate of drug-likeness (QED) is 0.624. The zero-order chi connectivity index (χ0) is 7.49.